The average molecular weight is 552 g/mol. The number of nitrogens with one attached hydrogen (secondary N) is 3. The van der Waals surface area contributed by atoms with Crippen molar-refractivity contribution in [2.45, 2.75) is 115 Å². The van der Waals surface area contributed by atoms with Crippen molar-refractivity contribution in [1.82, 2.24) is 20.5 Å². The van der Waals surface area contributed by atoms with Crippen LogP contribution in [-0.2, 0) is 9.59 Å². The molecule has 1 aromatic rings. The third-order valence-electron chi connectivity index (χ3n) is 10.1. The first kappa shape index (κ1) is 29.0. The lowest BCUT2D eigenvalue weighted by molar-refractivity contribution is -0.147. The van der Waals surface area contributed by atoms with Gasteiger partial charge < -0.3 is 20.9 Å². The van der Waals surface area contributed by atoms with E-state index in [1.807, 2.05) is 4.90 Å². The molecule has 3 heterocycles. The number of carbonyl (C=O) groups is 3. The Morgan fingerprint density at radius 3 is 2.33 bits per heavy atom. The molecule has 5 rings (SSSR count). The van der Waals surface area contributed by atoms with Gasteiger partial charge in [0.25, 0.3) is 5.91 Å². The standard InChI is InChI=1S/C32H49N5O3/c1-21-8-14-28(34-17-21)23-10-12-26(13-11-23)35-30(38)25-16-27(19-33-18-25)36-31(39)32(40)37-20-22(2)9-15-29(37)24-6-4-3-5-7-24/h16,18-19,21-24,26,28-29,34H,3-15,17,20H2,1-2H3,(H,35,38)(H,36,39). The second kappa shape index (κ2) is 13.5. The Bertz CT molecular complexity index is 1030. The maximum atomic E-state index is 13.3. The van der Waals surface area contributed by atoms with E-state index in [4.69, 9.17) is 0 Å². The van der Waals surface area contributed by atoms with Crippen LogP contribution in [0.15, 0.2) is 18.5 Å². The molecule has 220 valence electrons. The topological polar surface area (TPSA) is 103 Å². The van der Waals surface area contributed by atoms with E-state index >= 15 is 0 Å². The van der Waals surface area contributed by atoms with E-state index in [0.29, 0.717) is 41.6 Å². The molecule has 0 radical (unpaired) electrons. The van der Waals surface area contributed by atoms with Gasteiger partial charge in [0.15, 0.2) is 0 Å². The summed E-state index contributed by atoms with van der Waals surface area (Å²) in [5, 5.41) is 9.66. The van der Waals surface area contributed by atoms with Crippen molar-refractivity contribution in [3.63, 3.8) is 0 Å². The quantitative estimate of drug-likeness (QED) is 0.452. The number of rotatable bonds is 5. The SMILES string of the molecule is CC1CCC(C2CCC(NC(=O)c3cncc(NC(=O)C(=O)N4CC(C)CCC4C4CCCCC4)c3)CC2)NC1. The van der Waals surface area contributed by atoms with E-state index in [0.717, 1.165) is 63.8 Å². The maximum Gasteiger partial charge on any atom is 0.313 e. The molecule has 4 unspecified atom stereocenters. The summed E-state index contributed by atoms with van der Waals surface area (Å²) in [6.45, 7) is 6.21. The van der Waals surface area contributed by atoms with Crippen molar-refractivity contribution in [3.05, 3.63) is 24.0 Å². The lowest BCUT2D eigenvalue weighted by Crippen LogP contribution is -2.53. The molecule has 1 aromatic heterocycles. The number of aromatic nitrogens is 1. The monoisotopic (exact) mass is 551 g/mol. The highest BCUT2D eigenvalue weighted by atomic mass is 16.2. The lowest BCUT2D eigenvalue weighted by Gasteiger charge is -2.43. The van der Waals surface area contributed by atoms with Crippen molar-refractivity contribution in [2.24, 2.45) is 23.7 Å². The Kier molecular flexibility index (Phi) is 9.76. The van der Waals surface area contributed by atoms with E-state index in [9.17, 15) is 14.4 Å². The first-order chi connectivity index (χ1) is 19.4. The van der Waals surface area contributed by atoms with Crippen LogP contribution in [-0.4, -0.2) is 58.8 Å². The number of hydrogen-bond donors (Lipinski definition) is 3. The molecule has 8 nitrogen and oxygen atoms in total. The fourth-order valence-corrected chi connectivity index (χ4v) is 7.72. The molecule has 4 fully saturated rings. The normalized spacial score (nSPS) is 31.8. The van der Waals surface area contributed by atoms with E-state index in [1.165, 1.54) is 44.5 Å². The molecule has 0 spiro atoms. The van der Waals surface area contributed by atoms with Crippen LogP contribution in [0.25, 0.3) is 0 Å². The van der Waals surface area contributed by atoms with Gasteiger partial charge in [0.1, 0.15) is 0 Å². The summed E-state index contributed by atoms with van der Waals surface area (Å²) in [5.74, 6) is 1.07. The van der Waals surface area contributed by atoms with Gasteiger partial charge in [-0.05, 0) is 100 Å². The second-order valence-corrected chi connectivity index (χ2v) is 13.3. The summed E-state index contributed by atoms with van der Waals surface area (Å²) in [6, 6.07) is 2.55. The van der Waals surface area contributed by atoms with Crippen LogP contribution in [0.2, 0.25) is 0 Å². The molecule has 2 aliphatic heterocycles. The molecule has 4 atom stereocenters. The molecule has 3 amide bonds. The summed E-state index contributed by atoms with van der Waals surface area (Å²) in [7, 11) is 0. The van der Waals surface area contributed by atoms with E-state index in [-0.39, 0.29) is 18.0 Å². The molecular weight excluding hydrogens is 502 g/mol. The Balaban J connectivity index is 1.13. The van der Waals surface area contributed by atoms with Gasteiger partial charge in [-0.2, -0.15) is 0 Å². The predicted molar refractivity (Wildman–Crippen MR) is 157 cm³/mol. The molecule has 0 aromatic carbocycles. The molecule has 0 bridgehead atoms. The smallest absolute Gasteiger partial charge is 0.313 e. The predicted octanol–water partition coefficient (Wildman–Crippen LogP) is 4.90. The number of pyridine rings is 1. The molecule has 2 aliphatic carbocycles. The fraction of sp³-hybridized carbons (Fsp3) is 0.750. The Labute approximate surface area is 239 Å². The first-order valence-corrected chi connectivity index (χ1v) is 16.0. The lowest BCUT2D eigenvalue weighted by atomic mass is 9.78. The molecular formula is C32H49N5O3. The van der Waals surface area contributed by atoms with E-state index in [2.05, 4.69) is 34.8 Å². The molecule has 2 saturated carbocycles. The molecule has 4 aliphatic rings. The van der Waals surface area contributed by atoms with Gasteiger partial charge >= 0.3 is 11.8 Å². The van der Waals surface area contributed by atoms with E-state index < -0.39 is 11.8 Å². The van der Waals surface area contributed by atoms with Crippen molar-refractivity contribution in [1.29, 1.82) is 0 Å². The van der Waals surface area contributed by atoms with Crippen molar-refractivity contribution >= 4 is 23.4 Å². The highest BCUT2D eigenvalue weighted by molar-refractivity contribution is 6.39. The van der Waals surface area contributed by atoms with Crippen molar-refractivity contribution in [2.75, 3.05) is 18.4 Å². The van der Waals surface area contributed by atoms with Gasteiger partial charge in [-0.15, -0.1) is 0 Å². The van der Waals surface area contributed by atoms with Crippen LogP contribution in [0, 0.1) is 23.7 Å². The third kappa shape index (κ3) is 7.23. The van der Waals surface area contributed by atoms with Crippen LogP contribution < -0.4 is 16.0 Å². The fourth-order valence-electron chi connectivity index (χ4n) is 7.72. The summed E-state index contributed by atoms with van der Waals surface area (Å²) in [5.41, 5.74) is 0.786. The third-order valence-corrected chi connectivity index (χ3v) is 10.1. The molecule has 3 N–H and O–H groups in total. The minimum absolute atomic E-state index is 0.150. The molecule has 40 heavy (non-hydrogen) atoms. The number of amides is 3. The number of hydrogen-bond acceptors (Lipinski definition) is 5. The Hall–Kier alpha value is -2.48. The zero-order valence-corrected chi connectivity index (χ0v) is 24.5. The van der Waals surface area contributed by atoms with Gasteiger partial charge in [-0.3, -0.25) is 19.4 Å². The number of anilines is 1. The van der Waals surface area contributed by atoms with Gasteiger partial charge in [-0.25, -0.2) is 0 Å². The number of likely N-dealkylation sites (tertiary alicyclic amines) is 1. The highest BCUT2D eigenvalue weighted by Gasteiger charge is 2.38. The van der Waals surface area contributed by atoms with Gasteiger partial charge in [0, 0.05) is 30.9 Å². The minimum atomic E-state index is -0.640. The van der Waals surface area contributed by atoms with Gasteiger partial charge in [0.2, 0.25) is 0 Å². The van der Waals surface area contributed by atoms with Crippen LogP contribution >= 0.6 is 0 Å². The van der Waals surface area contributed by atoms with Crippen molar-refractivity contribution in [3.8, 4) is 0 Å². The van der Waals surface area contributed by atoms with Crippen molar-refractivity contribution < 1.29 is 14.4 Å². The Morgan fingerprint density at radius 2 is 1.60 bits per heavy atom. The summed E-state index contributed by atoms with van der Waals surface area (Å²) in [4.78, 5) is 45.5. The summed E-state index contributed by atoms with van der Waals surface area (Å²) < 4.78 is 0. The number of carbonyl (C=O) groups excluding carboxylic acids is 3. The summed E-state index contributed by atoms with van der Waals surface area (Å²) >= 11 is 0. The zero-order chi connectivity index (χ0) is 28.1. The maximum absolute atomic E-state index is 13.3. The molecule has 8 heteroatoms. The van der Waals surface area contributed by atoms with Crippen LogP contribution in [0.5, 0.6) is 0 Å². The number of nitrogens with zero attached hydrogens (tertiary/aromatic N) is 2. The van der Waals surface area contributed by atoms with Crippen LogP contribution in [0.1, 0.15) is 108 Å². The van der Waals surface area contributed by atoms with E-state index in [1.54, 1.807) is 6.07 Å². The van der Waals surface area contributed by atoms with Gasteiger partial charge in [0.05, 0.1) is 17.4 Å². The minimum Gasteiger partial charge on any atom is -0.349 e. The van der Waals surface area contributed by atoms with Crippen LogP contribution in [0.3, 0.4) is 0 Å². The largest absolute Gasteiger partial charge is 0.349 e. The summed E-state index contributed by atoms with van der Waals surface area (Å²) in [6.07, 6.45) is 17.9. The number of piperidine rings is 2. The Morgan fingerprint density at radius 1 is 0.850 bits per heavy atom. The zero-order valence-electron chi connectivity index (χ0n) is 24.5. The van der Waals surface area contributed by atoms with Gasteiger partial charge in [-0.1, -0.05) is 33.1 Å². The first-order valence-electron chi connectivity index (χ1n) is 16.0. The van der Waals surface area contributed by atoms with Crippen LogP contribution in [0.4, 0.5) is 5.69 Å². The molecule has 2 saturated heterocycles. The highest BCUT2D eigenvalue weighted by Crippen LogP contribution is 2.35. The average Bonchev–Trinajstić information content (AvgIpc) is 2.98. The second-order valence-electron chi connectivity index (χ2n) is 13.3.